The van der Waals surface area contributed by atoms with Crippen LogP contribution >= 0.6 is 27.5 Å². The molecule has 2 nitrogen and oxygen atoms in total. The molecular weight excluding hydrogens is 263 g/mol. The third-order valence-electron chi connectivity index (χ3n) is 2.19. The Bertz CT molecular complexity index is 464. The van der Waals surface area contributed by atoms with Crippen molar-refractivity contribution in [3.05, 3.63) is 33.4 Å². The molecule has 0 atom stereocenters. The maximum atomic E-state index is 6.07. The molecule has 0 saturated heterocycles. The molecule has 0 unspecified atom stereocenters. The molecule has 0 aliphatic heterocycles. The van der Waals surface area contributed by atoms with Crippen molar-refractivity contribution in [3.63, 3.8) is 0 Å². The zero-order valence-corrected chi connectivity index (χ0v) is 9.85. The first-order chi connectivity index (χ1) is 6.61. The number of nitrogens with zero attached hydrogens (tertiary/aromatic N) is 1. The minimum absolute atomic E-state index is 0.515. The molecule has 0 spiro atoms. The number of rotatable bonds is 0. The lowest BCUT2D eigenvalue weighted by Gasteiger charge is -2.06. The van der Waals surface area contributed by atoms with E-state index in [-0.39, 0.29) is 0 Å². The molecule has 1 aromatic heterocycles. The summed E-state index contributed by atoms with van der Waals surface area (Å²) in [6.07, 6.45) is 1.59. The van der Waals surface area contributed by atoms with E-state index in [0.717, 1.165) is 20.9 Å². The van der Waals surface area contributed by atoms with Gasteiger partial charge in [0.25, 0.3) is 0 Å². The molecule has 2 N–H and O–H groups in total. The largest absolute Gasteiger partial charge is 0.396 e. The summed E-state index contributed by atoms with van der Waals surface area (Å²) in [6.45, 7) is 1.99. The summed E-state index contributed by atoms with van der Waals surface area (Å²) >= 11 is 9.52. The third kappa shape index (κ3) is 1.37. The van der Waals surface area contributed by atoms with Gasteiger partial charge in [-0.05, 0) is 18.6 Å². The normalized spacial score (nSPS) is 10.8. The minimum atomic E-state index is 0.515. The summed E-state index contributed by atoms with van der Waals surface area (Å²) in [6, 6.07) is 3.86. The van der Waals surface area contributed by atoms with Crippen molar-refractivity contribution < 1.29 is 0 Å². The second kappa shape index (κ2) is 3.41. The van der Waals surface area contributed by atoms with Crippen LogP contribution in [-0.2, 0) is 0 Å². The van der Waals surface area contributed by atoms with E-state index < -0.39 is 0 Å². The minimum Gasteiger partial charge on any atom is -0.396 e. The van der Waals surface area contributed by atoms with Crippen LogP contribution in [-0.4, -0.2) is 4.98 Å². The van der Waals surface area contributed by atoms with Gasteiger partial charge in [-0.2, -0.15) is 0 Å². The highest BCUT2D eigenvalue weighted by Crippen LogP contribution is 2.31. The van der Waals surface area contributed by atoms with E-state index in [1.165, 1.54) is 0 Å². The first-order valence-electron chi connectivity index (χ1n) is 4.10. The predicted molar refractivity (Wildman–Crippen MR) is 63.6 cm³/mol. The van der Waals surface area contributed by atoms with Crippen molar-refractivity contribution >= 4 is 44.1 Å². The lowest BCUT2D eigenvalue weighted by Crippen LogP contribution is -1.91. The number of fused-ring (bicyclic) bond motifs is 1. The Hall–Kier alpha value is -0.800. The van der Waals surface area contributed by atoms with Crippen LogP contribution in [0.5, 0.6) is 0 Å². The van der Waals surface area contributed by atoms with Crippen LogP contribution in [0.3, 0.4) is 0 Å². The summed E-state index contributed by atoms with van der Waals surface area (Å²) in [5.74, 6) is 0. The van der Waals surface area contributed by atoms with Gasteiger partial charge in [-0.1, -0.05) is 33.6 Å². The van der Waals surface area contributed by atoms with Crippen molar-refractivity contribution in [2.45, 2.75) is 6.92 Å². The summed E-state index contributed by atoms with van der Waals surface area (Å²) < 4.78 is 1.03. The number of aromatic nitrogens is 1. The maximum absolute atomic E-state index is 6.07. The number of aryl methyl sites for hydroxylation is 1. The molecule has 0 saturated carbocycles. The van der Waals surface area contributed by atoms with Crippen LogP contribution in [0.1, 0.15) is 5.56 Å². The van der Waals surface area contributed by atoms with Gasteiger partial charge in [0.2, 0.25) is 0 Å². The van der Waals surface area contributed by atoms with Crippen molar-refractivity contribution in [1.82, 2.24) is 4.98 Å². The lowest BCUT2D eigenvalue weighted by molar-refractivity contribution is 1.35. The number of halogens is 2. The summed E-state index contributed by atoms with van der Waals surface area (Å²) in [4.78, 5) is 4.26. The van der Waals surface area contributed by atoms with E-state index >= 15 is 0 Å². The van der Waals surface area contributed by atoms with Crippen LogP contribution in [0, 0.1) is 6.92 Å². The molecule has 0 amide bonds. The van der Waals surface area contributed by atoms with E-state index in [0.29, 0.717) is 10.7 Å². The van der Waals surface area contributed by atoms with Gasteiger partial charge in [0, 0.05) is 9.86 Å². The summed E-state index contributed by atoms with van der Waals surface area (Å²) in [5.41, 5.74) is 8.14. The van der Waals surface area contributed by atoms with Crippen molar-refractivity contribution in [2.24, 2.45) is 0 Å². The number of hydrogen-bond acceptors (Lipinski definition) is 2. The highest BCUT2D eigenvalue weighted by Gasteiger charge is 2.07. The molecule has 0 aliphatic rings. The van der Waals surface area contributed by atoms with Crippen LogP contribution in [0.2, 0.25) is 5.02 Å². The fourth-order valence-electron chi connectivity index (χ4n) is 1.37. The molecular formula is C10H8BrClN2. The molecule has 2 rings (SSSR count). The standard InChI is InChI=1S/C10H8BrClN2/c1-5-7(11)3-2-6-9(12)8(13)4-14-10(5)6/h2-4H,13H2,1H3. The van der Waals surface area contributed by atoms with Crippen molar-refractivity contribution in [3.8, 4) is 0 Å². The number of nitrogens with two attached hydrogens (primary N) is 1. The smallest absolute Gasteiger partial charge is 0.0759 e. The second-order valence-corrected chi connectivity index (χ2v) is 4.33. The average molecular weight is 272 g/mol. The third-order valence-corrected chi connectivity index (χ3v) is 3.47. The molecule has 0 fully saturated rings. The number of nitrogen functional groups attached to an aromatic ring is 1. The predicted octanol–water partition coefficient (Wildman–Crippen LogP) is 3.54. The first kappa shape index (κ1) is 9.74. The Kier molecular flexibility index (Phi) is 2.37. The van der Waals surface area contributed by atoms with Gasteiger partial charge in [0.15, 0.2) is 0 Å². The Labute approximate surface area is 95.2 Å². The van der Waals surface area contributed by atoms with E-state index in [4.69, 9.17) is 17.3 Å². The molecule has 1 heterocycles. The van der Waals surface area contributed by atoms with Crippen LogP contribution in [0.4, 0.5) is 5.69 Å². The lowest BCUT2D eigenvalue weighted by atomic mass is 10.1. The zero-order chi connectivity index (χ0) is 10.3. The quantitative estimate of drug-likeness (QED) is 0.796. The molecule has 0 bridgehead atoms. The Morgan fingerprint density at radius 3 is 2.86 bits per heavy atom. The van der Waals surface area contributed by atoms with Crippen LogP contribution in [0.15, 0.2) is 22.8 Å². The van der Waals surface area contributed by atoms with Crippen molar-refractivity contribution in [2.75, 3.05) is 5.73 Å². The second-order valence-electron chi connectivity index (χ2n) is 3.10. The number of anilines is 1. The number of benzene rings is 1. The van der Waals surface area contributed by atoms with Gasteiger partial charge < -0.3 is 5.73 Å². The summed E-state index contributed by atoms with van der Waals surface area (Å²) in [5, 5.41) is 1.47. The highest BCUT2D eigenvalue weighted by atomic mass is 79.9. The van der Waals surface area contributed by atoms with Crippen LogP contribution < -0.4 is 5.73 Å². The van der Waals surface area contributed by atoms with Gasteiger partial charge in [-0.25, -0.2) is 0 Å². The van der Waals surface area contributed by atoms with Gasteiger partial charge in [0.1, 0.15) is 0 Å². The topological polar surface area (TPSA) is 38.9 Å². The highest BCUT2D eigenvalue weighted by molar-refractivity contribution is 9.10. The number of pyridine rings is 1. The van der Waals surface area contributed by atoms with Gasteiger partial charge in [-0.3, -0.25) is 4.98 Å². The van der Waals surface area contributed by atoms with E-state index in [2.05, 4.69) is 20.9 Å². The van der Waals surface area contributed by atoms with E-state index in [1.807, 2.05) is 19.1 Å². The first-order valence-corrected chi connectivity index (χ1v) is 5.27. The monoisotopic (exact) mass is 270 g/mol. The average Bonchev–Trinajstić information content (AvgIpc) is 2.17. The fourth-order valence-corrected chi connectivity index (χ4v) is 1.89. The molecule has 1 aromatic carbocycles. The SMILES string of the molecule is Cc1c(Br)ccc2c(Cl)c(N)cnc12. The van der Waals surface area contributed by atoms with Gasteiger partial charge in [0.05, 0.1) is 22.4 Å². The zero-order valence-electron chi connectivity index (χ0n) is 7.51. The van der Waals surface area contributed by atoms with Gasteiger partial charge in [-0.15, -0.1) is 0 Å². The molecule has 72 valence electrons. The van der Waals surface area contributed by atoms with E-state index in [9.17, 15) is 0 Å². The molecule has 0 radical (unpaired) electrons. The Morgan fingerprint density at radius 1 is 1.43 bits per heavy atom. The Balaban J connectivity index is 2.94. The fraction of sp³-hybridized carbons (Fsp3) is 0.100. The number of hydrogen-bond donors (Lipinski definition) is 1. The van der Waals surface area contributed by atoms with Crippen molar-refractivity contribution in [1.29, 1.82) is 0 Å². The molecule has 4 heteroatoms. The molecule has 14 heavy (non-hydrogen) atoms. The maximum Gasteiger partial charge on any atom is 0.0759 e. The molecule has 0 aliphatic carbocycles. The molecule has 2 aromatic rings. The summed E-state index contributed by atoms with van der Waals surface area (Å²) in [7, 11) is 0. The van der Waals surface area contributed by atoms with E-state index in [1.54, 1.807) is 6.20 Å². The van der Waals surface area contributed by atoms with Crippen LogP contribution in [0.25, 0.3) is 10.9 Å². The Morgan fingerprint density at radius 2 is 2.14 bits per heavy atom. The van der Waals surface area contributed by atoms with Gasteiger partial charge >= 0.3 is 0 Å².